The molecule has 0 bridgehead atoms. The summed E-state index contributed by atoms with van der Waals surface area (Å²) in [4.78, 5) is 24.9. The highest BCUT2D eigenvalue weighted by molar-refractivity contribution is 5.80. The number of nitrogens with zero attached hydrogens (tertiary/aromatic N) is 1. The molecule has 5 heteroatoms. The van der Waals surface area contributed by atoms with Gasteiger partial charge in [0.2, 0.25) is 0 Å². The summed E-state index contributed by atoms with van der Waals surface area (Å²) in [6.45, 7) is 8.08. The van der Waals surface area contributed by atoms with E-state index in [1.54, 1.807) is 13.0 Å². The third kappa shape index (κ3) is 10.8. The maximum Gasteiger partial charge on any atom is 0.410 e. The Morgan fingerprint density at radius 3 is 2.26 bits per heavy atom. The quantitative estimate of drug-likeness (QED) is 0.287. The highest BCUT2D eigenvalue weighted by atomic mass is 16.6. The highest BCUT2D eigenvalue weighted by Gasteiger charge is 2.24. The summed E-state index contributed by atoms with van der Waals surface area (Å²) in [5, 5.41) is 0. The molecule has 134 valence electrons. The van der Waals surface area contributed by atoms with E-state index < -0.39 is 12.1 Å². The van der Waals surface area contributed by atoms with Crippen LogP contribution >= 0.6 is 0 Å². The number of carbonyl (C=O) groups excluding carboxylic acids is 2. The molecule has 0 aromatic carbocycles. The summed E-state index contributed by atoms with van der Waals surface area (Å²) in [5.41, 5.74) is 0. The van der Waals surface area contributed by atoms with Crippen molar-refractivity contribution in [1.82, 2.24) is 4.90 Å². The Morgan fingerprint density at radius 1 is 1.04 bits per heavy atom. The number of rotatable bonds is 13. The number of esters is 1. The molecule has 0 spiro atoms. The molecule has 0 saturated carbocycles. The SMILES string of the molecule is C=CCCOC(=O)N(C)C(C)C(=O)OCCCCCCCCC. The van der Waals surface area contributed by atoms with Gasteiger partial charge in [-0.15, -0.1) is 6.58 Å². The Hall–Kier alpha value is -1.52. The van der Waals surface area contributed by atoms with E-state index in [4.69, 9.17) is 9.47 Å². The van der Waals surface area contributed by atoms with Crippen molar-refractivity contribution in [2.45, 2.75) is 71.3 Å². The smallest absolute Gasteiger partial charge is 0.410 e. The molecule has 0 aliphatic carbocycles. The van der Waals surface area contributed by atoms with Gasteiger partial charge in [-0.2, -0.15) is 0 Å². The lowest BCUT2D eigenvalue weighted by Gasteiger charge is -2.22. The number of likely N-dealkylation sites (N-methyl/N-ethyl adjacent to an activating group) is 1. The predicted molar refractivity (Wildman–Crippen MR) is 92.3 cm³/mol. The van der Waals surface area contributed by atoms with Crippen molar-refractivity contribution in [3.63, 3.8) is 0 Å². The number of amides is 1. The van der Waals surface area contributed by atoms with E-state index in [0.717, 1.165) is 12.8 Å². The molecule has 0 aromatic heterocycles. The second-order valence-electron chi connectivity index (χ2n) is 5.77. The summed E-state index contributed by atoms with van der Waals surface area (Å²) >= 11 is 0. The number of hydrogen-bond donors (Lipinski definition) is 0. The minimum atomic E-state index is -0.643. The summed E-state index contributed by atoms with van der Waals surface area (Å²) in [7, 11) is 1.54. The molecule has 1 atom stereocenters. The van der Waals surface area contributed by atoms with Gasteiger partial charge < -0.3 is 9.47 Å². The molecule has 23 heavy (non-hydrogen) atoms. The van der Waals surface area contributed by atoms with Crippen LogP contribution in [0.3, 0.4) is 0 Å². The number of unbranched alkanes of at least 4 members (excludes halogenated alkanes) is 6. The third-order valence-corrected chi connectivity index (χ3v) is 3.75. The van der Waals surface area contributed by atoms with Crippen LogP contribution < -0.4 is 0 Å². The molecule has 0 heterocycles. The van der Waals surface area contributed by atoms with E-state index in [1.165, 1.54) is 44.1 Å². The fourth-order valence-corrected chi connectivity index (χ4v) is 2.00. The minimum Gasteiger partial charge on any atom is -0.464 e. The zero-order valence-corrected chi connectivity index (χ0v) is 15.0. The lowest BCUT2D eigenvalue weighted by Crippen LogP contribution is -2.41. The molecule has 0 rings (SSSR count). The van der Waals surface area contributed by atoms with Crippen LogP contribution in [0, 0.1) is 0 Å². The number of hydrogen-bond acceptors (Lipinski definition) is 4. The molecule has 5 nitrogen and oxygen atoms in total. The summed E-state index contributed by atoms with van der Waals surface area (Å²) < 4.78 is 10.2. The van der Waals surface area contributed by atoms with Crippen LogP contribution in [0.2, 0.25) is 0 Å². The van der Waals surface area contributed by atoms with E-state index in [1.807, 2.05) is 0 Å². The van der Waals surface area contributed by atoms with Crippen molar-refractivity contribution < 1.29 is 19.1 Å². The van der Waals surface area contributed by atoms with E-state index in [0.29, 0.717) is 13.0 Å². The van der Waals surface area contributed by atoms with Gasteiger partial charge in [0.05, 0.1) is 13.2 Å². The molecular weight excluding hydrogens is 294 g/mol. The average Bonchev–Trinajstić information content (AvgIpc) is 2.55. The van der Waals surface area contributed by atoms with E-state index in [2.05, 4.69) is 13.5 Å². The van der Waals surface area contributed by atoms with Crippen LogP contribution in [0.25, 0.3) is 0 Å². The second kappa shape index (κ2) is 14.1. The number of carbonyl (C=O) groups is 2. The van der Waals surface area contributed by atoms with Crippen LogP contribution in [0.5, 0.6) is 0 Å². The molecular formula is C18H33NO4. The molecule has 0 radical (unpaired) electrons. The first-order chi connectivity index (χ1) is 11.0. The Labute approximate surface area is 141 Å². The van der Waals surface area contributed by atoms with Crippen molar-refractivity contribution in [1.29, 1.82) is 0 Å². The number of ether oxygens (including phenoxy) is 2. The van der Waals surface area contributed by atoms with E-state index in [-0.39, 0.29) is 12.6 Å². The monoisotopic (exact) mass is 327 g/mol. The van der Waals surface area contributed by atoms with Crippen LogP contribution in [-0.4, -0.2) is 43.3 Å². The van der Waals surface area contributed by atoms with Crippen LogP contribution in [-0.2, 0) is 14.3 Å². The van der Waals surface area contributed by atoms with Gasteiger partial charge in [-0.05, 0) is 19.8 Å². The minimum absolute atomic E-state index is 0.270. The second-order valence-corrected chi connectivity index (χ2v) is 5.77. The summed E-state index contributed by atoms with van der Waals surface area (Å²) in [6, 6.07) is -0.643. The van der Waals surface area contributed by atoms with E-state index >= 15 is 0 Å². The van der Waals surface area contributed by atoms with Gasteiger partial charge in [-0.1, -0.05) is 51.5 Å². The molecule has 0 aliphatic heterocycles. The molecule has 0 saturated heterocycles. The zero-order chi connectivity index (χ0) is 17.5. The molecule has 1 unspecified atom stereocenters. The Morgan fingerprint density at radius 2 is 1.65 bits per heavy atom. The predicted octanol–water partition coefficient (Wildman–Crippen LogP) is 4.31. The van der Waals surface area contributed by atoms with Crippen LogP contribution in [0.1, 0.15) is 65.2 Å². The van der Waals surface area contributed by atoms with Crippen molar-refractivity contribution >= 4 is 12.1 Å². The Bertz CT molecular complexity index is 344. The van der Waals surface area contributed by atoms with Gasteiger partial charge >= 0.3 is 12.1 Å². The van der Waals surface area contributed by atoms with Crippen LogP contribution in [0.4, 0.5) is 4.79 Å². The van der Waals surface area contributed by atoms with Crippen molar-refractivity contribution in [3.8, 4) is 0 Å². The molecule has 0 aliphatic rings. The van der Waals surface area contributed by atoms with Crippen molar-refractivity contribution in [2.75, 3.05) is 20.3 Å². The summed E-state index contributed by atoms with van der Waals surface area (Å²) in [6.07, 6.45) is 9.95. The lowest BCUT2D eigenvalue weighted by molar-refractivity contribution is -0.148. The molecule has 1 amide bonds. The topological polar surface area (TPSA) is 55.8 Å². The maximum atomic E-state index is 11.9. The fourth-order valence-electron chi connectivity index (χ4n) is 2.00. The standard InChI is InChI=1S/C18H33NO4/c1-5-7-9-10-11-12-13-15-22-17(20)16(3)19(4)18(21)23-14-8-6-2/h6,16H,2,5,7-15H2,1,3-4H3. The van der Waals surface area contributed by atoms with Gasteiger partial charge in [-0.3, -0.25) is 4.90 Å². The molecule has 0 aromatic rings. The first-order valence-corrected chi connectivity index (χ1v) is 8.71. The Balaban J connectivity index is 3.79. The average molecular weight is 327 g/mol. The van der Waals surface area contributed by atoms with Crippen LogP contribution in [0.15, 0.2) is 12.7 Å². The van der Waals surface area contributed by atoms with Crippen molar-refractivity contribution in [3.05, 3.63) is 12.7 Å². The van der Waals surface area contributed by atoms with Gasteiger partial charge in [0.15, 0.2) is 0 Å². The maximum absolute atomic E-state index is 11.9. The van der Waals surface area contributed by atoms with Gasteiger partial charge in [0.1, 0.15) is 6.04 Å². The van der Waals surface area contributed by atoms with Gasteiger partial charge in [0.25, 0.3) is 0 Å². The highest BCUT2D eigenvalue weighted by Crippen LogP contribution is 2.08. The summed E-state index contributed by atoms with van der Waals surface area (Å²) in [5.74, 6) is -0.390. The van der Waals surface area contributed by atoms with Crippen molar-refractivity contribution in [2.24, 2.45) is 0 Å². The fraction of sp³-hybridized carbons (Fsp3) is 0.778. The molecule has 0 N–H and O–H groups in total. The van der Waals surface area contributed by atoms with E-state index in [9.17, 15) is 9.59 Å². The largest absolute Gasteiger partial charge is 0.464 e. The Kier molecular flexibility index (Phi) is 13.2. The molecule has 0 fully saturated rings. The third-order valence-electron chi connectivity index (χ3n) is 3.75. The first-order valence-electron chi connectivity index (χ1n) is 8.71. The normalized spacial score (nSPS) is 11.6. The van der Waals surface area contributed by atoms with Gasteiger partial charge in [0, 0.05) is 7.05 Å². The lowest BCUT2D eigenvalue weighted by atomic mass is 10.1. The first kappa shape index (κ1) is 21.5. The zero-order valence-electron chi connectivity index (χ0n) is 15.0. The van der Waals surface area contributed by atoms with Gasteiger partial charge in [-0.25, -0.2) is 9.59 Å².